The van der Waals surface area contributed by atoms with Crippen LogP contribution in [-0.4, -0.2) is 30.1 Å². The van der Waals surface area contributed by atoms with Gasteiger partial charge < -0.3 is 5.11 Å². The van der Waals surface area contributed by atoms with Crippen LogP contribution in [0.15, 0.2) is 24.3 Å². The van der Waals surface area contributed by atoms with Crippen LogP contribution < -0.4 is 0 Å². The second kappa shape index (κ2) is 4.47. The fourth-order valence-electron chi connectivity index (χ4n) is 2.13. The number of aliphatic carboxylic acids is 1. The van der Waals surface area contributed by atoms with E-state index in [0.717, 1.165) is 20.5 Å². The maximum Gasteiger partial charge on any atom is 0.325 e. The highest BCUT2D eigenvalue weighted by Gasteiger charge is 2.27. The lowest BCUT2D eigenvalue weighted by Crippen LogP contribution is -2.27. The lowest BCUT2D eigenvalue weighted by molar-refractivity contribution is -0.142. The average molecular weight is 249 g/mol. The topological polar surface area (TPSA) is 40.5 Å². The number of hydrogen-bond donors (Lipinski definition) is 1. The number of carboxylic acid groups (broad SMARTS) is 1. The van der Waals surface area contributed by atoms with E-state index in [-0.39, 0.29) is 0 Å². The van der Waals surface area contributed by atoms with Crippen molar-refractivity contribution in [3.05, 3.63) is 34.7 Å². The van der Waals surface area contributed by atoms with Crippen LogP contribution in [0.1, 0.15) is 16.5 Å². The highest BCUT2D eigenvalue weighted by Crippen LogP contribution is 2.36. The molecule has 0 fully saturated rings. The molecule has 1 atom stereocenters. The summed E-state index contributed by atoms with van der Waals surface area (Å²) in [7, 11) is 3.59. The van der Waals surface area contributed by atoms with Gasteiger partial charge in [0.1, 0.15) is 6.04 Å². The molecule has 1 N–H and O–H groups in total. The molecule has 90 valence electrons. The fraction of sp³-hybridized carbons (Fsp3) is 0.308. The van der Waals surface area contributed by atoms with Crippen LogP contribution >= 0.6 is 11.3 Å². The summed E-state index contributed by atoms with van der Waals surface area (Å²) in [5, 5.41) is 10.4. The molecule has 1 unspecified atom stereocenters. The first kappa shape index (κ1) is 12.1. The second-order valence-corrected chi connectivity index (χ2v) is 5.53. The molecule has 2 aromatic rings. The van der Waals surface area contributed by atoms with Gasteiger partial charge in [0, 0.05) is 15.1 Å². The zero-order valence-electron chi connectivity index (χ0n) is 10.1. The first-order valence-corrected chi connectivity index (χ1v) is 6.21. The van der Waals surface area contributed by atoms with Crippen molar-refractivity contribution in [3.63, 3.8) is 0 Å². The van der Waals surface area contributed by atoms with Gasteiger partial charge in [0.15, 0.2) is 0 Å². The molecular formula is C13H15NO2S. The van der Waals surface area contributed by atoms with Crippen molar-refractivity contribution in [1.29, 1.82) is 0 Å². The van der Waals surface area contributed by atoms with Crippen molar-refractivity contribution in [1.82, 2.24) is 4.90 Å². The van der Waals surface area contributed by atoms with E-state index < -0.39 is 12.0 Å². The Kier molecular flexibility index (Phi) is 3.17. The van der Waals surface area contributed by atoms with Gasteiger partial charge in [0.2, 0.25) is 0 Å². The maximum atomic E-state index is 11.4. The Labute approximate surface area is 104 Å². The lowest BCUT2D eigenvalue weighted by atomic mass is 10.0. The molecule has 0 aliphatic rings. The molecule has 1 aromatic carbocycles. The molecule has 0 bridgehead atoms. The Morgan fingerprint density at radius 2 is 2.00 bits per heavy atom. The normalized spacial score (nSPS) is 13.2. The van der Waals surface area contributed by atoms with E-state index in [1.54, 1.807) is 30.3 Å². The van der Waals surface area contributed by atoms with Crippen molar-refractivity contribution in [2.75, 3.05) is 14.1 Å². The van der Waals surface area contributed by atoms with E-state index in [1.807, 2.05) is 31.2 Å². The third kappa shape index (κ3) is 2.06. The van der Waals surface area contributed by atoms with Crippen molar-refractivity contribution in [3.8, 4) is 0 Å². The predicted molar refractivity (Wildman–Crippen MR) is 70.6 cm³/mol. The molecule has 3 nitrogen and oxygen atoms in total. The minimum absolute atomic E-state index is 0.578. The minimum atomic E-state index is -0.804. The van der Waals surface area contributed by atoms with Gasteiger partial charge in [-0.3, -0.25) is 9.69 Å². The monoisotopic (exact) mass is 249 g/mol. The molecule has 0 saturated carbocycles. The number of hydrogen-bond acceptors (Lipinski definition) is 3. The number of thiophene rings is 1. The molecule has 0 aliphatic carbocycles. The largest absolute Gasteiger partial charge is 0.480 e. The Hall–Kier alpha value is -1.39. The summed E-state index contributed by atoms with van der Waals surface area (Å²) < 4.78 is 1.15. The van der Waals surface area contributed by atoms with Gasteiger partial charge >= 0.3 is 5.97 Å². The molecule has 0 amide bonds. The quantitative estimate of drug-likeness (QED) is 0.909. The zero-order chi connectivity index (χ0) is 12.6. The molecule has 0 aliphatic heterocycles. The second-order valence-electron chi connectivity index (χ2n) is 4.27. The van der Waals surface area contributed by atoms with E-state index in [1.165, 1.54) is 0 Å². The van der Waals surface area contributed by atoms with Crippen molar-refractivity contribution in [2.24, 2.45) is 0 Å². The van der Waals surface area contributed by atoms with E-state index in [9.17, 15) is 9.90 Å². The van der Waals surface area contributed by atoms with Crippen LogP contribution in [0, 0.1) is 6.92 Å². The molecule has 1 heterocycles. The van der Waals surface area contributed by atoms with Crippen LogP contribution in [0.25, 0.3) is 10.1 Å². The van der Waals surface area contributed by atoms with E-state index in [0.29, 0.717) is 0 Å². The summed E-state index contributed by atoms with van der Waals surface area (Å²) in [6, 6.07) is 7.38. The summed E-state index contributed by atoms with van der Waals surface area (Å²) >= 11 is 1.65. The third-order valence-electron chi connectivity index (χ3n) is 2.84. The summed E-state index contributed by atoms with van der Waals surface area (Å²) in [5.74, 6) is -0.804. The number of nitrogens with zero attached hydrogens (tertiary/aromatic N) is 1. The first-order chi connectivity index (χ1) is 8.02. The van der Waals surface area contributed by atoms with Gasteiger partial charge in [-0.2, -0.15) is 0 Å². The Bertz CT molecular complexity index is 560. The van der Waals surface area contributed by atoms with Gasteiger partial charge in [-0.15, -0.1) is 11.3 Å². The molecule has 4 heteroatoms. The van der Waals surface area contributed by atoms with Gasteiger partial charge in [0.05, 0.1) is 0 Å². The number of carboxylic acids is 1. The number of fused-ring (bicyclic) bond motifs is 1. The summed E-state index contributed by atoms with van der Waals surface area (Å²) in [6.45, 7) is 1.99. The standard InChI is InChI=1S/C13H15NO2S/c1-8-11(12(13(15)16)14(2)3)9-6-4-5-7-10(9)17-8/h4-7,12H,1-3H3,(H,15,16). The van der Waals surface area contributed by atoms with Crippen molar-refractivity contribution >= 4 is 27.4 Å². The first-order valence-electron chi connectivity index (χ1n) is 5.39. The smallest absolute Gasteiger partial charge is 0.325 e. The lowest BCUT2D eigenvalue weighted by Gasteiger charge is -2.20. The number of likely N-dealkylation sites (N-methyl/N-ethyl adjacent to an activating group) is 1. The van der Waals surface area contributed by atoms with Gasteiger partial charge in [-0.05, 0) is 32.5 Å². The minimum Gasteiger partial charge on any atom is -0.480 e. The van der Waals surface area contributed by atoms with Crippen LogP contribution in [0.4, 0.5) is 0 Å². The van der Waals surface area contributed by atoms with Crippen LogP contribution in [0.3, 0.4) is 0 Å². The summed E-state index contributed by atoms with van der Waals surface area (Å²) in [6.07, 6.45) is 0. The third-order valence-corrected chi connectivity index (χ3v) is 3.95. The molecule has 0 saturated heterocycles. The summed E-state index contributed by atoms with van der Waals surface area (Å²) in [5.41, 5.74) is 0.920. The number of carbonyl (C=O) groups is 1. The molecule has 0 radical (unpaired) electrons. The Balaban J connectivity index is 2.68. The Morgan fingerprint density at radius 3 is 2.59 bits per heavy atom. The number of benzene rings is 1. The molecule has 1 aromatic heterocycles. The zero-order valence-corrected chi connectivity index (χ0v) is 10.9. The number of aryl methyl sites for hydroxylation is 1. The van der Waals surface area contributed by atoms with Crippen LogP contribution in [0.5, 0.6) is 0 Å². The predicted octanol–water partition coefficient (Wildman–Crippen LogP) is 2.90. The SMILES string of the molecule is Cc1sc2ccccc2c1C(C(=O)O)N(C)C. The number of rotatable bonds is 3. The summed E-state index contributed by atoms with van der Waals surface area (Å²) in [4.78, 5) is 14.2. The highest BCUT2D eigenvalue weighted by atomic mass is 32.1. The highest BCUT2D eigenvalue weighted by molar-refractivity contribution is 7.19. The Morgan fingerprint density at radius 1 is 1.35 bits per heavy atom. The maximum absolute atomic E-state index is 11.4. The van der Waals surface area contributed by atoms with Gasteiger partial charge in [-0.25, -0.2) is 0 Å². The average Bonchev–Trinajstić information content (AvgIpc) is 2.55. The van der Waals surface area contributed by atoms with E-state index in [4.69, 9.17) is 0 Å². The van der Waals surface area contributed by atoms with Crippen LogP contribution in [0.2, 0.25) is 0 Å². The van der Waals surface area contributed by atoms with Gasteiger partial charge in [0.25, 0.3) is 0 Å². The molecular weight excluding hydrogens is 234 g/mol. The van der Waals surface area contributed by atoms with Crippen molar-refractivity contribution in [2.45, 2.75) is 13.0 Å². The molecule has 2 rings (SSSR count). The molecule has 17 heavy (non-hydrogen) atoms. The van der Waals surface area contributed by atoms with E-state index in [2.05, 4.69) is 0 Å². The van der Waals surface area contributed by atoms with Crippen LogP contribution in [-0.2, 0) is 4.79 Å². The fourth-order valence-corrected chi connectivity index (χ4v) is 3.23. The van der Waals surface area contributed by atoms with E-state index >= 15 is 0 Å². The van der Waals surface area contributed by atoms with Gasteiger partial charge in [-0.1, -0.05) is 18.2 Å². The molecule has 0 spiro atoms. The van der Waals surface area contributed by atoms with Crippen molar-refractivity contribution < 1.29 is 9.90 Å².